The van der Waals surface area contributed by atoms with E-state index < -0.39 is 0 Å². The van der Waals surface area contributed by atoms with Crippen molar-refractivity contribution in [3.63, 3.8) is 0 Å². The van der Waals surface area contributed by atoms with Gasteiger partial charge in [0, 0.05) is 32.7 Å². The zero-order chi connectivity index (χ0) is 17.2. The SMILES string of the molecule is O=C(NCc1ccc2c(c1)OCO2)C1CC(=O)N(CC2CCCO2)C1. The fraction of sp³-hybridized carbons (Fsp3) is 0.556. The minimum absolute atomic E-state index is 0.0405. The molecule has 7 nitrogen and oxygen atoms in total. The molecule has 2 fully saturated rings. The second-order valence-electron chi connectivity index (χ2n) is 6.74. The molecule has 25 heavy (non-hydrogen) atoms. The van der Waals surface area contributed by atoms with E-state index in [1.807, 2.05) is 18.2 Å². The summed E-state index contributed by atoms with van der Waals surface area (Å²) in [4.78, 5) is 26.3. The summed E-state index contributed by atoms with van der Waals surface area (Å²) in [5, 5.41) is 2.92. The summed E-state index contributed by atoms with van der Waals surface area (Å²) in [6.07, 6.45) is 2.44. The van der Waals surface area contributed by atoms with Crippen LogP contribution in [-0.2, 0) is 20.9 Å². The van der Waals surface area contributed by atoms with Gasteiger partial charge in [0.2, 0.25) is 18.6 Å². The molecule has 0 bridgehead atoms. The number of amides is 2. The van der Waals surface area contributed by atoms with Crippen LogP contribution in [0.25, 0.3) is 0 Å². The van der Waals surface area contributed by atoms with Crippen molar-refractivity contribution < 1.29 is 23.8 Å². The smallest absolute Gasteiger partial charge is 0.231 e. The molecule has 134 valence electrons. The lowest BCUT2D eigenvalue weighted by Crippen LogP contribution is -2.35. The summed E-state index contributed by atoms with van der Waals surface area (Å²) in [5.74, 6) is 1.09. The Morgan fingerprint density at radius 3 is 3.00 bits per heavy atom. The van der Waals surface area contributed by atoms with E-state index in [2.05, 4.69) is 5.32 Å². The van der Waals surface area contributed by atoms with Gasteiger partial charge in [-0.15, -0.1) is 0 Å². The standard InChI is InChI=1S/C18H22N2O5/c21-17-7-13(9-20(17)10-14-2-1-5-23-14)18(22)19-8-12-3-4-15-16(6-12)25-11-24-15/h3-4,6,13-14H,1-2,5,7-11H2,(H,19,22). The number of ether oxygens (including phenoxy) is 3. The fourth-order valence-corrected chi connectivity index (χ4v) is 3.54. The molecule has 2 saturated heterocycles. The van der Waals surface area contributed by atoms with Crippen molar-refractivity contribution in [2.24, 2.45) is 5.92 Å². The Morgan fingerprint density at radius 2 is 2.16 bits per heavy atom. The molecule has 7 heteroatoms. The van der Waals surface area contributed by atoms with Crippen molar-refractivity contribution in [2.45, 2.75) is 31.9 Å². The average molecular weight is 346 g/mol. The number of fused-ring (bicyclic) bond motifs is 1. The normalized spacial score (nSPS) is 24.8. The first kappa shape index (κ1) is 16.2. The van der Waals surface area contributed by atoms with Crippen LogP contribution >= 0.6 is 0 Å². The zero-order valence-electron chi connectivity index (χ0n) is 14.0. The molecular formula is C18H22N2O5. The largest absolute Gasteiger partial charge is 0.454 e. The van der Waals surface area contributed by atoms with Crippen molar-refractivity contribution in [3.8, 4) is 11.5 Å². The zero-order valence-corrected chi connectivity index (χ0v) is 14.0. The number of hydrogen-bond donors (Lipinski definition) is 1. The molecule has 3 aliphatic rings. The lowest BCUT2D eigenvalue weighted by molar-refractivity contribution is -0.129. The maximum Gasteiger partial charge on any atom is 0.231 e. The van der Waals surface area contributed by atoms with E-state index in [4.69, 9.17) is 14.2 Å². The lowest BCUT2D eigenvalue weighted by atomic mass is 10.1. The first-order chi connectivity index (χ1) is 12.2. The lowest BCUT2D eigenvalue weighted by Gasteiger charge is -2.20. The topological polar surface area (TPSA) is 77.1 Å². The van der Waals surface area contributed by atoms with Gasteiger partial charge in [0.25, 0.3) is 0 Å². The quantitative estimate of drug-likeness (QED) is 0.863. The van der Waals surface area contributed by atoms with Gasteiger partial charge in [0.15, 0.2) is 11.5 Å². The second-order valence-corrected chi connectivity index (χ2v) is 6.74. The highest BCUT2D eigenvalue weighted by Crippen LogP contribution is 2.32. The average Bonchev–Trinajstić information content (AvgIpc) is 3.34. The number of hydrogen-bond acceptors (Lipinski definition) is 5. The third-order valence-corrected chi connectivity index (χ3v) is 4.94. The van der Waals surface area contributed by atoms with Gasteiger partial charge in [-0.25, -0.2) is 0 Å². The fourth-order valence-electron chi connectivity index (χ4n) is 3.54. The van der Waals surface area contributed by atoms with Crippen LogP contribution in [-0.4, -0.2) is 49.3 Å². The van der Waals surface area contributed by atoms with Crippen LogP contribution in [0.5, 0.6) is 11.5 Å². The first-order valence-corrected chi connectivity index (χ1v) is 8.74. The van der Waals surface area contributed by atoms with E-state index in [9.17, 15) is 9.59 Å². The maximum absolute atomic E-state index is 12.4. The monoisotopic (exact) mass is 346 g/mol. The maximum atomic E-state index is 12.4. The van der Waals surface area contributed by atoms with Crippen LogP contribution in [0.1, 0.15) is 24.8 Å². The van der Waals surface area contributed by atoms with Crippen LogP contribution in [0.3, 0.4) is 0 Å². The van der Waals surface area contributed by atoms with E-state index in [0.29, 0.717) is 25.4 Å². The second kappa shape index (κ2) is 6.92. The molecule has 1 aromatic carbocycles. The molecular weight excluding hydrogens is 324 g/mol. The van der Waals surface area contributed by atoms with E-state index in [-0.39, 0.29) is 37.0 Å². The molecule has 0 aromatic heterocycles. The number of likely N-dealkylation sites (tertiary alicyclic amines) is 1. The molecule has 1 N–H and O–H groups in total. The number of benzene rings is 1. The summed E-state index contributed by atoms with van der Waals surface area (Å²) < 4.78 is 16.2. The molecule has 0 saturated carbocycles. The van der Waals surface area contributed by atoms with E-state index in [1.165, 1.54) is 0 Å². The Labute approximate surface area is 146 Å². The van der Waals surface area contributed by atoms with Crippen molar-refractivity contribution in [1.82, 2.24) is 10.2 Å². The number of nitrogens with zero attached hydrogens (tertiary/aromatic N) is 1. The first-order valence-electron chi connectivity index (χ1n) is 8.74. The molecule has 2 amide bonds. The van der Waals surface area contributed by atoms with E-state index in [0.717, 1.165) is 30.8 Å². The predicted octanol–water partition coefficient (Wildman–Crippen LogP) is 1.06. The summed E-state index contributed by atoms with van der Waals surface area (Å²) >= 11 is 0. The Hall–Kier alpha value is -2.28. The van der Waals surface area contributed by atoms with Gasteiger partial charge in [-0.05, 0) is 30.5 Å². The van der Waals surface area contributed by atoms with Gasteiger partial charge in [0.1, 0.15) is 0 Å². The number of rotatable bonds is 5. The van der Waals surface area contributed by atoms with Crippen LogP contribution in [0.15, 0.2) is 18.2 Å². The van der Waals surface area contributed by atoms with Crippen molar-refractivity contribution in [2.75, 3.05) is 26.5 Å². The van der Waals surface area contributed by atoms with Crippen molar-refractivity contribution >= 4 is 11.8 Å². The molecule has 0 radical (unpaired) electrons. The van der Waals surface area contributed by atoms with Crippen LogP contribution in [0, 0.1) is 5.92 Å². The molecule has 0 spiro atoms. The van der Waals surface area contributed by atoms with Gasteiger partial charge in [-0.2, -0.15) is 0 Å². The Bertz CT molecular complexity index is 671. The number of carbonyl (C=O) groups is 2. The third kappa shape index (κ3) is 3.56. The number of carbonyl (C=O) groups excluding carboxylic acids is 2. The molecule has 2 unspecified atom stereocenters. The molecule has 3 aliphatic heterocycles. The molecule has 0 aliphatic carbocycles. The summed E-state index contributed by atoms with van der Waals surface area (Å²) in [6, 6.07) is 5.61. The van der Waals surface area contributed by atoms with Gasteiger partial charge >= 0.3 is 0 Å². The van der Waals surface area contributed by atoms with Gasteiger partial charge in [0.05, 0.1) is 12.0 Å². The van der Waals surface area contributed by atoms with Gasteiger partial charge in [-0.3, -0.25) is 9.59 Å². The van der Waals surface area contributed by atoms with Gasteiger partial charge in [-0.1, -0.05) is 6.07 Å². The van der Waals surface area contributed by atoms with Crippen molar-refractivity contribution in [3.05, 3.63) is 23.8 Å². The number of nitrogens with one attached hydrogen (secondary N) is 1. The summed E-state index contributed by atoms with van der Waals surface area (Å²) in [6.45, 7) is 2.49. The predicted molar refractivity (Wildman–Crippen MR) is 88.1 cm³/mol. The summed E-state index contributed by atoms with van der Waals surface area (Å²) in [5.41, 5.74) is 0.943. The van der Waals surface area contributed by atoms with E-state index >= 15 is 0 Å². The minimum Gasteiger partial charge on any atom is -0.454 e. The Balaban J connectivity index is 1.28. The highest BCUT2D eigenvalue weighted by molar-refractivity contribution is 5.89. The highest BCUT2D eigenvalue weighted by Gasteiger charge is 2.35. The highest BCUT2D eigenvalue weighted by atomic mass is 16.7. The Kier molecular flexibility index (Phi) is 4.48. The molecule has 2 atom stereocenters. The molecule has 1 aromatic rings. The van der Waals surface area contributed by atoms with Crippen LogP contribution in [0.4, 0.5) is 0 Å². The van der Waals surface area contributed by atoms with E-state index in [1.54, 1.807) is 4.90 Å². The third-order valence-electron chi connectivity index (χ3n) is 4.94. The Morgan fingerprint density at radius 1 is 1.28 bits per heavy atom. The minimum atomic E-state index is -0.289. The molecule has 3 heterocycles. The summed E-state index contributed by atoms with van der Waals surface area (Å²) in [7, 11) is 0. The van der Waals surface area contributed by atoms with Gasteiger partial charge < -0.3 is 24.4 Å². The van der Waals surface area contributed by atoms with Crippen LogP contribution in [0.2, 0.25) is 0 Å². The van der Waals surface area contributed by atoms with Crippen molar-refractivity contribution in [1.29, 1.82) is 0 Å². The van der Waals surface area contributed by atoms with Crippen LogP contribution < -0.4 is 14.8 Å². The molecule has 4 rings (SSSR count).